The molecule has 0 atom stereocenters. The molecule has 2 heterocycles. The van der Waals surface area contributed by atoms with Gasteiger partial charge in [0.15, 0.2) is 5.15 Å². The Labute approximate surface area is 86.6 Å². The van der Waals surface area contributed by atoms with Crippen LogP contribution in [0.25, 0.3) is 11.3 Å². The van der Waals surface area contributed by atoms with Crippen LogP contribution < -0.4 is 0 Å². The van der Waals surface area contributed by atoms with Crippen LogP contribution in [0.2, 0.25) is 5.15 Å². The van der Waals surface area contributed by atoms with Crippen molar-refractivity contribution in [2.75, 3.05) is 0 Å². The van der Waals surface area contributed by atoms with Crippen molar-refractivity contribution in [3.05, 3.63) is 29.4 Å². The van der Waals surface area contributed by atoms with E-state index in [1.807, 2.05) is 20.2 Å². The van der Waals surface area contributed by atoms with Gasteiger partial charge in [0.25, 0.3) is 0 Å². The smallest absolute Gasteiger partial charge is 0.155 e. The predicted molar refractivity (Wildman–Crippen MR) is 54.0 cm³/mol. The van der Waals surface area contributed by atoms with Crippen molar-refractivity contribution in [1.29, 1.82) is 0 Å². The van der Waals surface area contributed by atoms with E-state index in [1.165, 1.54) is 0 Å². The first-order valence-corrected chi connectivity index (χ1v) is 4.53. The minimum atomic E-state index is 0.406. The molecule has 0 unspecified atom stereocenters. The summed E-state index contributed by atoms with van der Waals surface area (Å²) in [6, 6.07) is 0. The van der Waals surface area contributed by atoms with Gasteiger partial charge in [-0.3, -0.25) is 9.67 Å². The van der Waals surface area contributed by atoms with Gasteiger partial charge < -0.3 is 0 Å². The maximum atomic E-state index is 5.93. The van der Waals surface area contributed by atoms with Gasteiger partial charge in [-0.25, -0.2) is 4.98 Å². The summed E-state index contributed by atoms with van der Waals surface area (Å²) in [6.07, 6.45) is 5.07. The van der Waals surface area contributed by atoms with Crippen LogP contribution in [0.1, 0.15) is 5.69 Å². The Kier molecular flexibility index (Phi) is 2.21. The second kappa shape index (κ2) is 3.38. The summed E-state index contributed by atoms with van der Waals surface area (Å²) < 4.78 is 1.73. The molecule has 0 radical (unpaired) electrons. The van der Waals surface area contributed by atoms with Gasteiger partial charge >= 0.3 is 0 Å². The molecule has 2 rings (SSSR count). The lowest BCUT2D eigenvalue weighted by Gasteiger charge is -1.98. The zero-order valence-electron chi connectivity index (χ0n) is 7.90. The molecule has 2 aromatic heterocycles. The minimum absolute atomic E-state index is 0.406. The second-order valence-electron chi connectivity index (χ2n) is 3.00. The number of hydrogen-bond acceptors (Lipinski definition) is 3. The Balaban J connectivity index is 2.60. The Morgan fingerprint density at radius 3 is 2.57 bits per heavy atom. The van der Waals surface area contributed by atoms with Crippen LogP contribution in [0.5, 0.6) is 0 Å². The summed E-state index contributed by atoms with van der Waals surface area (Å²) in [5.41, 5.74) is 2.50. The highest BCUT2D eigenvalue weighted by Crippen LogP contribution is 2.25. The fourth-order valence-corrected chi connectivity index (χ4v) is 1.54. The van der Waals surface area contributed by atoms with Crippen LogP contribution in [0.4, 0.5) is 0 Å². The monoisotopic (exact) mass is 208 g/mol. The lowest BCUT2D eigenvalue weighted by Crippen LogP contribution is -1.87. The molecule has 5 heteroatoms. The van der Waals surface area contributed by atoms with Crippen molar-refractivity contribution in [2.24, 2.45) is 7.05 Å². The quantitative estimate of drug-likeness (QED) is 0.718. The summed E-state index contributed by atoms with van der Waals surface area (Å²) in [7, 11) is 1.86. The normalized spacial score (nSPS) is 10.5. The first kappa shape index (κ1) is 9.15. The largest absolute Gasteiger partial charge is 0.275 e. The highest BCUT2D eigenvalue weighted by atomic mass is 35.5. The number of halogens is 1. The first-order chi connectivity index (χ1) is 6.68. The first-order valence-electron chi connectivity index (χ1n) is 4.15. The molecular formula is C9H9ClN4. The Hall–Kier alpha value is -1.42. The summed E-state index contributed by atoms with van der Waals surface area (Å²) in [6.45, 7) is 1.92. The second-order valence-corrected chi connectivity index (χ2v) is 3.36. The van der Waals surface area contributed by atoms with E-state index in [9.17, 15) is 0 Å². The molecule has 0 amide bonds. The molecule has 0 aromatic carbocycles. The Morgan fingerprint density at radius 2 is 2.00 bits per heavy atom. The summed E-state index contributed by atoms with van der Waals surface area (Å²) in [4.78, 5) is 8.15. The fourth-order valence-electron chi connectivity index (χ4n) is 1.33. The Morgan fingerprint density at radius 1 is 1.29 bits per heavy atom. The molecule has 72 valence electrons. The molecule has 0 saturated carbocycles. The minimum Gasteiger partial charge on any atom is -0.275 e. The third-order valence-corrected chi connectivity index (χ3v) is 2.20. The van der Waals surface area contributed by atoms with E-state index in [0.717, 1.165) is 11.3 Å². The molecule has 14 heavy (non-hydrogen) atoms. The number of rotatable bonds is 1. The van der Waals surface area contributed by atoms with Crippen molar-refractivity contribution >= 4 is 11.6 Å². The SMILES string of the molecule is Cc1nn(C)cc1-c1nccnc1Cl. The van der Waals surface area contributed by atoms with Crippen molar-refractivity contribution in [2.45, 2.75) is 6.92 Å². The summed E-state index contributed by atoms with van der Waals surface area (Å²) in [5, 5.41) is 4.62. The lowest BCUT2D eigenvalue weighted by molar-refractivity contribution is 0.756. The molecule has 0 fully saturated rings. The fraction of sp³-hybridized carbons (Fsp3) is 0.222. The van der Waals surface area contributed by atoms with Gasteiger partial charge in [-0.2, -0.15) is 5.10 Å². The zero-order chi connectivity index (χ0) is 10.1. The van der Waals surface area contributed by atoms with E-state index in [0.29, 0.717) is 10.8 Å². The van der Waals surface area contributed by atoms with E-state index in [1.54, 1.807) is 17.1 Å². The number of nitrogens with zero attached hydrogens (tertiary/aromatic N) is 4. The molecular weight excluding hydrogens is 200 g/mol. The standard InChI is InChI=1S/C9H9ClN4/c1-6-7(5-14(2)13-6)8-9(10)12-4-3-11-8/h3-5H,1-2H3. The summed E-state index contributed by atoms with van der Waals surface area (Å²) in [5.74, 6) is 0. The van der Waals surface area contributed by atoms with Crippen LogP contribution in [-0.4, -0.2) is 19.7 Å². The molecule has 0 aliphatic rings. The molecule has 0 aliphatic heterocycles. The van der Waals surface area contributed by atoms with E-state index in [2.05, 4.69) is 15.1 Å². The molecule has 0 bridgehead atoms. The van der Waals surface area contributed by atoms with Gasteiger partial charge in [-0.1, -0.05) is 11.6 Å². The maximum Gasteiger partial charge on any atom is 0.155 e. The van der Waals surface area contributed by atoms with E-state index in [-0.39, 0.29) is 0 Å². The molecule has 0 N–H and O–H groups in total. The molecule has 2 aromatic rings. The molecule has 0 aliphatic carbocycles. The average molecular weight is 209 g/mol. The predicted octanol–water partition coefficient (Wildman–Crippen LogP) is 1.84. The highest BCUT2D eigenvalue weighted by molar-refractivity contribution is 6.31. The summed E-state index contributed by atoms with van der Waals surface area (Å²) >= 11 is 5.93. The van der Waals surface area contributed by atoms with Crippen molar-refractivity contribution in [3.63, 3.8) is 0 Å². The zero-order valence-corrected chi connectivity index (χ0v) is 8.65. The number of hydrogen-bond donors (Lipinski definition) is 0. The average Bonchev–Trinajstić information content (AvgIpc) is 2.46. The lowest BCUT2D eigenvalue weighted by atomic mass is 10.2. The van der Waals surface area contributed by atoms with Gasteiger partial charge in [0, 0.05) is 31.2 Å². The third-order valence-electron chi connectivity index (χ3n) is 1.92. The third kappa shape index (κ3) is 1.48. The van der Waals surface area contributed by atoms with Crippen molar-refractivity contribution in [1.82, 2.24) is 19.7 Å². The van der Waals surface area contributed by atoms with E-state index >= 15 is 0 Å². The van der Waals surface area contributed by atoms with Crippen LogP contribution in [0.3, 0.4) is 0 Å². The van der Waals surface area contributed by atoms with Crippen LogP contribution in [-0.2, 0) is 7.05 Å². The van der Waals surface area contributed by atoms with Gasteiger partial charge in [0.2, 0.25) is 0 Å². The number of aryl methyl sites for hydroxylation is 2. The van der Waals surface area contributed by atoms with Gasteiger partial charge in [0.05, 0.1) is 5.69 Å². The van der Waals surface area contributed by atoms with Gasteiger partial charge in [-0.15, -0.1) is 0 Å². The van der Waals surface area contributed by atoms with Crippen LogP contribution in [0, 0.1) is 6.92 Å². The topological polar surface area (TPSA) is 43.6 Å². The van der Waals surface area contributed by atoms with Crippen LogP contribution in [0.15, 0.2) is 18.6 Å². The van der Waals surface area contributed by atoms with Gasteiger partial charge in [-0.05, 0) is 6.92 Å². The van der Waals surface area contributed by atoms with Crippen molar-refractivity contribution < 1.29 is 0 Å². The van der Waals surface area contributed by atoms with Crippen LogP contribution >= 0.6 is 11.6 Å². The van der Waals surface area contributed by atoms with Crippen molar-refractivity contribution in [3.8, 4) is 11.3 Å². The molecule has 0 spiro atoms. The molecule has 0 saturated heterocycles. The van der Waals surface area contributed by atoms with Gasteiger partial charge in [0.1, 0.15) is 5.69 Å². The molecule has 4 nitrogen and oxygen atoms in total. The van der Waals surface area contributed by atoms with E-state index in [4.69, 9.17) is 11.6 Å². The van der Waals surface area contributed by atoms with E-state index < -0.39 is 0 Å². The maximum absolute atomic E-state index is 5.93. The Bertz CT molecular complexity index is 464. The number of aromatic nitrogens is 4. The highest BCUT2D eigenvalue weighted by Gasteiger charge is 2.10.